The third kappa shape index (κ3) is 2.10. The average molecular weight is 448 g/mol. The van der Waals surface area contributed by atoms with Crippen molar-refractivity contribution in [3.05, 3.63) is 33.0 Å². The number of nitrogens with one attached hydrogen (secondary N) is 1. The highest BCUT2D eigenvalue weighted by atomic mass is 127. The van der Waals surface area contributed by atoms with Crippen LogP contribution in [-0.4, -0.2) is 34.8 Å². The maximum absolute atomic E-state index is 13.2. The summed E-state index contributed by atoms with van der Waals surface area (Å²) in [6.45, 7) is 6.44. The molecule has 4 aliphatic rings. The van der Waals surface area contributed by atoms with Crippen molar-refractivity contribution in [3.8, 4) is 0 Å². The minimum absolute atomic E-state index is 0.321. The van der Waals surface area contributed by atoms with Crippen LogP contribution < -0.4 is 0 Å². The molecule has 132 valence electrons. The Bertz CT molecular complexity index is 872. The Morgan fingerprint density at radius 1 is 1.44 bits per heavy atom. The largest absolute Gasteiger partial charge is 0.357 e. The van der Waals surface area contributed by atoms with Gasteiger partial charge in [0.05, 0.1) is 5.41 Å². The SMILES string of the molecule is CCC1CC2CN3CCc4c([nH]c5ccc(I)cc45)C(C(C)=O)(C2)C13. The molecule has 1 aromatic heterocycles. The number of aromatic amines is 1. The highest BCUT2D eigenvalue weighted by Crippen LogP contribution is 2.55. The molecule has 1 aliphatic carbocycles. The summed E-state index contributed by atoms with van der Waals surface area (Å²) in [4.78, 5) is 19.6. The fourth-order valence-corrected chi connectivity index (χ4v) is 6.82. The Morgan fingerprint density at radius 3 is 3.04 bits per heavy atom. The van der Waals surface area contributed by atoms with Crippen LogP contribution in [0.15, 0.2) is 18.2 Å². The van der Waals surface area contributed by atoms with Crippen LogP contribution in [0.2, 0.25) is 0 Å². The van der Waals surface area contributed by atoms with Gasteiger partial charge in [0.1, 0.15) is 5.78 Å². The number of halogens is 1. The smallest absolute Gasteiger partial charge is 0.143 e. The van der Waals surface area contributed by atoms with E-state index < -0.39 is 0 Å². The lowest BCUT2D eigenvalue weighted by Crippen LogP contribution is -2.66. The number of rotatable bonds is 2. The number of ketones is 1. The van der Waals surface area contributed by atoms with Gasteiger partial charge in [0.25, 0.3) is 0 Å². The van der Waals surface area contributed by atoms with E-state index in [1.807, 2.05) is 6.92 Å². The lowest BCUT2D eigenvalue weighted by atomic mass is 9.55. The van der Waals surface area contributed by atoms with E-state index >= 15 is 0 Å². The van der Waals surface area contributed by atoms with Crippen molar-refractivity contribution in [1.82, 2.24) is 9.88 Å². The van der Waals surface area contributed by atoms with Gasteiger partial charge in [-0.3, -0.25) is 9.69 Å². The summed E-state index contributed by atoms with van der Waals surface area (Å²) in [6, 6.07) is 7.02. The molecule has 1 saturated carbocycles. The third-order valence-corrected chi connectivity index (χ3v) is 7.87. The molecule has 1 aromatic carbocycles. The predicted molar refractivity (Wildman–Crippen MR) is 109 cm³/mol. The van der Waals surface area contributed by atoms with Gasteiger partial charge in [0.15, 0.2) is 0 Å². The van der Waals surface area contributed by atoms with Crippen molar-refractivity contribution in [3.63, 3.8) is 0 Å². The van der Waals surface area contributed by atoms with Crippen molar-refractivity contribution < 1.29 is 4.79 Å². The van der Waals surface area contributed by atoms with E-state index in [2.05, 4.69) is 57.6 Å². The van der Waals surface area contributed by atoms with Gasteiger partial charge in [-0.25, -0.2) is 0 Å². The van der Waals surface area contributed by atoms with Gasteiger partial charge in [0.2, 0.25) is 0 Å². The third-order valence-electron chi connectivity index (χ3n) is 7.20. The van der Waals surface area contributed by atoms with E-state index in [4.69, 9.17) is 0 Å². The minimum Gasteiger partial charge on any atom is -0.357 e. The van der Waals surface area contributed by atoms with E-state index in [0.717, 1.165) is 19.4 Å². The van der Waals surface area contributed by atoms with E-state index in [0.29, 0.717) is 23.7 Å². The van der Waals surface area contributed by atoms with Crippen molar-refractivity contribution in [2.75, 3.05) is 13.1 Å². The molecule has 5 unspecified atom stereocenters. The molecule has 3 nitrogen and oxygen atoms in total. The maximum Gasteiger partial charge on any atom is 0.143 e. The van der Waals surface area contributed by atoms with E-state index in [-0.39, 0.29) is 5.41 Å². The first-order valence-electron chi connectivity index (χ1n) is 9.60. The Kier molecular flexibility index (Phi) is 3.62. The summed E-state index contributed by atoms with van der Waals surface area (Å²) in [6.07, 6.45) is 4.58. The molecular formula is C21H25IN2O. The number of benzene rings is 1. The Labute approximate surface area is 162 Å². The van der Waals surface area contributed by atoms with Crippen LogP contribution in [0.1, 0.15) is 44.4 Å². The molecule has 0 amide bonds. The van der Waals surface area contributed by atoms with E-state index in [9.17, 15) is 4.79 Å². The molecule has 3 fully saturated rings. The van der Waals surface area contributed by atoms with Gasteiger partial charge >= 0.3 is 0 Å². The van der Waals surface area contributed by atoms with Crippen LogP contribution in [0.5, 0.6) is 0 Å². The Morgan fingerprint density at radius 2 is 2.28 bits per heavy atom. The van der Waals surface area contributed by atoms with Crippen molar-refractivity contribution in [2.24, 2.45) is 11.8 Å². The van der Waals surface area contributed by atoms with Crippen LogP contribution in [-0.2, 0) is 16.6 Å². The van der Waals surface area contributed by atoms with Crippen molar-refractivity contribution >= 4 is 39.3 Å². The van der Waals surface area contributed by atoms with Gasteiger partial charge in [-0.15, -0.1) is 0 Å². The fourth-order valence-electron chi connectivity index (χ4n) is 6.33. The summed E-state index contributed by atoms with van der Waals surface area (Å²) >= 11 is 2.39. The standard InChI is InChI=1S/C21H25IN2O/c1-3-14-8-13-10-21(12(2)25)19-16(6-7-24(11-13)20(14)21)17-9-15(22)4-5-18(17)23-19/h4-5,9,13-14,20,23H,3,6-8,10-11H2,1-2H3. The van der Waals surface area contributed by atoms with Crippen LogP contribution in [0.4, 0.5) is 0 Å². The summed E-state index contributed by atoms with van der Waals surface area (Å²) in [7, 11) is 0. The minimum atomic E-state index is -0.321. The van der Waals surface area contributed by atoms with Gasteiger partial charge in [-0.05, 0) is 84.4 Å². The maximum atomic E-state index is 13.2. The number of hydrogen-bond donors (Lipinski definition) is 1. The number of aromatic nitrogens is 1. The molecule has 4 heteroatoms. The lowest BCUT2D eigenvalue weighted by molar-refractivity contribution is -0.136. The number of carbonyl (C=O) groups is 1. The van der Waals surface area contributed by atoms with E-state index in [1.165, 1.54) is 45.1 Å². The van der Waals surface area contributed by atoms with Crippen molar-refractivity contribution in [1.29, 1.82) is 0 Å². The second kappa shape index (κ2) is 5.56. The van der Waals surface area contributed by atoms with Crippen LogP contribution >= 0.6 is 22.6 Å². The molecule has 2 aromatic rings. The molecule has 5 atom stereocenters. The number of fused-ring (bicyclic) bond motifs is 4. The number of carbonyl (C=O) groups excluding carboxylic acids is 1. The molecule has 4 bridgehead atoms. The highest BCUT2D eigenvalue weighted by molar-refractivity contribution is 14.1. The Hall–Kier alpha value is -0.880. The predicted octanol–water partition coefficient (Wildman–Crippen LogP) is 4.28. The monoisotopic (exact) mass is 448 g/mol. The number of hydrogen-bond acceptors (Lipinski definition) is 2. The summed E-state index contributed by atoms with van der Waals surface area (Å²) in [5.41, 5.74) is 3.55. The molecule has 2 saturated heterocycles. The molecule has 4 heterocycles. The molecule has 3 aliphatic heterocycles. The van der Waals surface area contributed by atoms with Crippen LogP contribution in [0, 0.1) is 15.4 Å². The first kappa shape index (κ1) is 16.3. The zero-order chi connectivity index (χ0) is 17.3. The first-order chi connectivity index (χ1) is 12.0. The van der Waals surface area contributed by atoms with Gasteiger partial charge in [0, 0.05) is 39.3 Å². The normalized spacial score (nSPS) is 36.3. The molecule has 6 rings (SSSR count). The zero-order valence-electron chi connectivity index (χ0n) is 14.9. The molecular weight excluding hydrogens is 423 g/mol. The van der Waals surface area contributed by atoms with E-state index in [1.54, 1.807) is 0 Å². The number of H-pyrrole nitrogens is 1. The summed E-state index contributed by atoms with van der Waals surface area (Å²) < 4.78 is 1.27. The van der Waals surface area contributed by atoms with Crippen molar-refractivity contribution in [2.45, 2.75) is 51.0 Å². The summed E-state index contributed by atoms with van der Waals surface area (Å²) in [5, 5.41) is 1.33. The second-order valence-electron chi connectivity index (χ2n) is 8.36. The fraction of sp³-hybridized carbons (Fsp3) is 0.571. The summed E-state index contributed by atoms with van der Waals surface area (Å²) in [5.74, 6) is 1.68. The second-order valence-corrected chi connectivity index (χ2v) is 9.61. The van der Waals surface area contributed by atoms with Gasteiger partial charge < -0.3 is 4.98 Å². The molecule has 0 radical (unpaired) electrons. The molecule has 1 N–H and O–H groups in total. The average Bonchev–Trinajstić information content (AvgIpc) is 2.92. The first-order valence-corrected chi connectivity index (χ1v) is 10.7. The van der Waals surface area contributed by atoms with Crippen LogP contribution in [0.3, 0.4) is 0 Å². The van der Waals surface area contributed by atoms with Gasteiger partial charge in [-0.1, -0.05) is 13.3 Å². The topological polar surface area (TPSA) is 36.1 Å². The zero-order valence-corrected chi connectivity index (χ0v) is 17.1. The molecule has 0 spiro atoms. The quantitative estimate of drug-likeness (QED) is 0.697. The number of piperidine rings is 2. The number of Topliss-reactive ketones (excluding diaryl/α,β-unsaturated/α-hetero) is 1. The molecule has 25 heavy (non-hydrogen) atoms. The Balaban J connectivity index is 1.81. The lowest BCUT2D eigenvalue weighted by Gasteiger charge is -2.58. The number of nitrogens with zero attached hydrogens (tertiary/aromatic N) is 1. The highest BCUT2D eigenvalue weighted by Gasteiger charge is 2.60. The van der Waals surface area contributed by atoms with Gasteiger partial charge in [-0.2, -0.15) is 0 Å². The van der Waals surface area contributed by atoms with Crippen LogP contribution in [0.25, 0.3) is 10.9 Å².